The third-order valence-electron chi connectivity index (χ3n) is 3.37. The fraction of sp³-hybridized carbons (Fsp3) is 0.357. The molecule has 1 aliphatic rings. The van der Waals surface area contributed by atoms with Gasteiger partial charge in [0.2, 0.25) is 0 Å². The van der Waals surface area contributed by atoms with Crippen LogP contribution in [0.2, 0.25) is 0 Å². The molecular weight excluding hydrogens is 295 g/mol. The second-order valence-electron chi connectivity index (χ2n) is 5.14. The lowest BCUT2D eigenvalue weighted by atomic mass is 10.1. The lowest BCUT2D eigenvalue weighted by Crippen LogP contribution is -2.66. The number of sulfonamides is 1. The molecule has 1 aromatic carbocycles. The summed E-state index contributed by atoms with van der Waals surface area (Å²) in [6.07, 6.45) is 0. The van der Waals surface area contributed by atoms with Gasteiger partial charge in [-0.2, -0.15) is 0 Å². The van der Waals surface area contributed by atoms with Gasteiger partial charge in [0, 0.05) is 11.1 Å². The average molecular weight is 310 g/mol. The van der Waals surface area contributed by atoms with E-state index in [2.05, 4.69) is 11.8 Å². The van der Waals surface area contributed by atoms with Crippen LogP contribution in [0.3, 0.4) is 0 Å². The van der Waals surface area contributed by atoms with E-state index in [1.807, 2.05) is 0 Å². The molecule has 1 aromatic rings. The summed E-state index contributed by atoms with van der Waals surface area (Å²) in [5.41, 5.74) is 5.88. The van der Waals surface area contributed by atoms with Gasteiger partial charge in [-0.05, 0) is 32.0 Å². The van der Waals surface area contributed by atoms with E-state index >= 15 is 0 Å². The summed E-state index contributed by atoms with van der Waals surface area (Å²) in [4.78, 5) is 11.9. The molecule has 0 aromatic heterocycles. The molecule has 0 aliphatic carbocycles. The van der Waals surface area contributed by atoms with Gasteiger partial charge in [0.15, 0.2) is 4.75 Å². The Balaban J connectivity index is 2.31. The first-order chi connectivity index (χ1) is 9.71. The van der Waals surface area contributed by atoms with Gasteiger partial charge in [-0.25, -0.2) is 17.1 Å². The normalized spacial score (nSPS) is 18.7. The summed E-state index contributed by atoms with van der Waals surface area (Å²) >= 11 is 0. The van der Waals surface area contributed by atoms with E-state index in [1.54, 1.807) is 0 Å². The molecule has 1 amide bonds. The van der Waals surface area contributed by atoms with Gasteiger partial charge in [0.1, 0.15) is 5.82 Å². The van der Waals surface area contributed by atoms with E-state index in [-0.39, 0.29) is 18.7 Å². The van der Waals surface area contributed by atoms with Crippen LogP contribution in [0.15, 0.2) is 18.2 Å². The lowest BCUT2D eigenvalue weighted by Gasteiger charge is -2.43. The van der Waals surface area contributed by atoms with Crippen molar-refractivity contribution >= 4 is 15.9 Å². The summed E-state index contributed by atoms with van der Waals surface area (Å²) in [5.74, 6) is 4.24. The van der Waals surface area contributed by atoms with Crippen LogP contribution >= 0.6 is 0 Å². The Kier molecular flexibility index (Phi) is 3.78. The number of benzene rings is 1. The molecule has 0 radical (unpaired) electrons. The Hall–Kier alpha value is -1.91. The van der Waals surface area contributed by atoms with Crippen LogP contribution in [0, 0.1) is 17.7 Å². The smallest absolute Gasteiger partial charge is 0.259 e. The molecule has 0 atom stereocenters. The minimum Gasteiger partial charge on any atom is -0.320 e. The van der Waals surface area contributed by atoms with Crippen molar-refractivity contribution in [2.24, 2.45) is 5.73 Å². The number of halogens is 1. The van der Waals surface area contributed by atoms with Gasteiger partial charge < -0.3 is 5.73 Å². The van der Waals surface area contributed by atoms with Gasteiger partial charge in [0.05, 0.1) is 13.1 Å². The maximum atomic E-state index is 13.8. The largest absolute Gasteiger partial charge is 0.320 e. The minimum atomic E-state index is -3.73. The number of amides is 1. The molecule has 7 heteroatoms. The third-order valence-corrected chi connectivity index (χ3v) is 5.71. The van der Waals surface area contributed by atoms with Crippen molar-refractivity contribution in [3.05, 3.63) is 35.1 Å². The predicted octanol–water partition coefficient (Wildman–Crippen LogP) is 0.586. The Morgan fingerprint density at radius 2 is 2.05 bits per heavy atom. The molecular formula is C14H15FN2O3S. The van der Waals surface area contributed by atoms with Crippen molar-refractivity contribution in [2.75, 3.05) is 6.54 Å². The Bertz CT molecular complexity index is 760. The fourth-order valence-corrected chi connectivity index (χ4v) is 3.50. The van der Waals surface area contributed by atoms with Crippen molar-refractivity contribution in [3.8, 4) is 11.8 Å². The zero-order valence-corrected chi connectivity index (χ0v) is 12.5. The molecule has 1 heterocycles. The van der Waals surface area contributed by atoms with Gasteiger partial charge in [-0.1, -0.05) is 11.8 Å². The van der Waals surface area contributed by atoms with Crippen LogP contribution < -0.4 is 5.73 Å². The first-order valence-corrected chi connectivity index (χ1v) is 7.70. The molecule has 112 valence electrons. The zero-order chi connectivity index (χ0) is 15.8. The maximum Gasteiger partial charge on any atom is 0.259 e. The average Bonchev–Trinajstić information content (AvgIpc) is 2.43. The first-order valence-electron chi connectivity index (χ1n) is 6.26. The predicted molar refractivity (Wildman–Crippen MR) is 75.9 cm³/mol. The zero-order valence-electron chi connectivity index (χ0n) is 11.7. The summed E-state index contributed by atoms with van der Waals surface area (Å²) in [7, 11) is -3.73. The van der Waals surface area contributed by atoms with Crippen LogP contribution in [0.25, 0.3) is 0 Å². The van der Waals surface area contributed by atoms with E-state index in [4.69, 9.17) is 5.73 Å². The maximum absolute atomic E-state index is 13.8. The molecule has 21 heavy (non-hydrogen) atoms. The molecule has 0 spiro atoms. The van der Waals surface area contributed by atoms with Crippen LogP contribution in [0.5, 0.6) is 0 Å². The van der Waals surface area contributed by atoms with Crippen molar-refractivity contribution in [1.29, 1.82) is 0 Å². The van der Waals surface area contributed by atoms with Gasteiger partial charge in [-0.3, -0.25) is 4.79 Å². The van der Waals surface area contributed by atoms with E-state index in [9.17, 15) is 17.6 Å². The van der Waals surface area contributed by atoms with E-state index in [0.717, 1.165) is 0 Å². The van der Waals surface area contributed by atoms with Crippen molar-refractivity contribution < 1.29 is 17.6 Å². The van der Waals surface area contributed by atoms with E-state index < -0.39 is 26.5 Å². The second kappa shape index (κ2) is 5.13. The van der Waals surface area contributed by atoms with Gasteiger partial charge >= 0.3 is 0 Å². The van der Waals surface area contributed by atoms with Crippen LogP contribution in [0.4, 0.5) is 4.39 Å². The molecule has 5 nitrogen and oxygen atoms in total. The topological polar surface area (TPSA) is 80.5 Å². The van der Waals surface area contributed by atoms with E-state index in [0.29, 0.717) is 9.87 Å². The molecule has 0 bridgehead atoms. The Labute approximate surface area is 123 Å². The standard InChI is InChI=1S/C14H15FN2O3S/c1-14(2)13(18)17(21(14,19)20)9-11-8-10(4-3-7-16)5-6-12(11)15/h5-6,8H,7,9,16H2,1-2H3. The van der Waals surface area contributed by atoms with Crippen LogP contribution in [-0.2, 0) is 21.4 Å². The van der Waals surface area contributed by atoms with Crippen LogP contribution in [0.1, 0.15) is 25.0 Å². The Morgan fingerprint density at radius 1 is 1.38 bits per heavy atom. The van der Waals surface area contributed by atoms with E-state index in [1.165, 1.54) is 32.0 Å². The number of rotatable bonds is 2. The molecule has 0 saturated carbocycles. The monoisotopic (exact) mass is 310 g/mol. The molecule has 2 rings (SSSR count). The molecule has 1 fully saturated rings. The molecule has 1 aliphatic heterocycles. The number of carbonyl (C=O) groups is 1. The van der Waals surface area contributed by atoms with Crippen LogP contribution in [-0.4, -0.2) is 29.9 Å². The minimum absolute atomic E-state index is 0.103. The number of carbonyl (C=O) groups excluding carboxylic acids is 1. The SMILES string of the molecule is CC1(C)C(=O)N(Cc2cc(C#CCN)ccc2F)S1(=O)=O. The van der Waals surface area contributed by atoms with Gasteiger partial charge in [0.25, 0.3) is 15.9 Å². The Morgan fingerprint density at radius 3 is 2.62 bits per heavy atom. The quantitative estimate of drug-likeness (QED) is 0.811. The number of nitrogens with two attached hydrogens (primary N) is 1. The lowest BCUT2D eigenvalue weighted by molar-refractivity contribution is -0.132. The highest BCUT2D eigenvalue weighted by atomic mass is 32.2. The van der Waals surface area contributed by atoms with Crippen molar-refractivity contribution in [2.45, 2.75) is 25.1 Å². The highest BCUT2D eigenvalue weighted by Crippen LogP contribution is 2.36. The summed E-state index contributed by atoms with van der Waals surface area (Å²) in [6.45, 7) is 2.51. The summed E-state index contributed by atoms with van der Waals surface area (Å²) in [5, 5.41) is 0. The molecule has 1 saturated heterocycles. The third kappa shape index (κ3) is 2.41. The number of hydrogen-bond donors (Lipinski definition) is 1. The summed E-state index contributed by atoms with van der Waals surface area (Å²) in [6, 6.07) is 4.09. The second-order valence-corrected chi connectivity index (χ2v) is 7.55. The molecule has 0 unspecified atom stereocenters. The highest BCUT2D eigenvalue weighted by molar-refractivity contribution is 7.94. The highest BCUT2D eigenvalue weighted by Gasteiger charge is 2.60. The summed E-state index contributed by atoms with van der Waals surface area (Å²) < 4.78 is 37.0. The first kappa shape index (κ1) is 15.5. The van der Waals surface area contributed by atoms with Gasteiger partial charge in [-0.15, -0.1) is 0 Å². The fourth-order valence-electron chi connectivity index (χ4n) is 1.99. The number of hydrogen-bond acceptors (Lipinski definition) is 4. The molecule has 2 N–H and O–H groups in total. The van der Waals surface area contributed by atoms with Crippen molar-refractivity contribution in [1.82, 2.24) is 4.31 Å². The van der Waals surface area contributed by atoms with Crippen molar-refractivity contribution in [3.63, 3.8) is 0 Å². The number of nitrogens with zero attached hydrogens (tertiary/aromatic N) is 1.